The number of aliphatic hydroxyl groups excluding tert-OH is 1. The number of aliphatic imine (C=N–C) groups is 1. The van der Waals surface area contributed by atoms with Gasteiger partial charge in [0.1, 0.15) is 6.10 Å². The number of likely N-dealkylation sites (tertiary alicyclic amines) is 1. The van der Waals surface area contributed by atoms with E-state index in [2.05, 4.69) is 15.6 Å². The Balaban J connectivity index is 0.00000338. The van der Waals surface area contributed by atoms with Crippen molar-refractivity contribution >= 4 is 47.4 Å². The van der Waals surface area contributed by atoms with Gasteiger partial charge in [-0.3, -0.25) is 9.79 Å². The lowest BCUT2D eigenvalue weighted by Crippen LogP contribution is -2.45. The van der Waals surface area contributed by atoms with E-state index >= 15 is 0 Å². The van der Waals surface area contributed by atoms with Gasteiger partial charge in [0.15, 0.2) is 5.96 Å². The van der Waals surface area contributed by atoms with E-state index in [-0.39, 0.29) is 42.5 Å². The first-order valence-corrected chi connectivity index (χ1v) is 9.18. The van der Waals surface area contributed by atoms with Crippen LogP contribution in [0, 0.1) is 0 Å². The summed E-state index contributed by atoms with van der Waals surface area (Å²) in [7, 11) is 0. The van der Waals surface area contributed by atoms with Crippen molar-refractivity contribution in [1.29, 1.82) is 0 Å². The molecule has 0 bridgehead atoms. The molecule has 0 spiro atoms. The second-order valence-electron chi connectivity index (χ2n) is 6.08. The van der Waals surface area contributed by atoms with Crippen molar-refractivity contribution in [3.8, 4) is 0 Å². The van der Waals surface area contributed by atoms with E-state index in [0.29, 0.717) is 29.5 Å². The smallest absolute Gasteiger partial charge is 0.222 e. The zero-order chi connectivity index (χ0) is 18.2. The average Bonchev–Trinajstić information content (AvgIpc) is 3.08. The van der Waals surface area contributed by atoms with Crippen LogP contribution in [0.15, 0.2) is 29.3 Å². The fourth-order valence-corrected chi connectivity index (χ4v) is 3.12. The fraction of sp³-hybridized carbons (Fsp3) is 0.556. The van der Waals surface area contributed by atoms with Gasteiger partial charge in [0.05, 0.1) is 6.54 Å². The summed E-state index contributed by atoms with van der Waals surface area (Å²) in [6.07, 6.45) is 0.666. The van der Waals surface area contributed by atoms with Crippen LogP contribution in [-0.4, -0.2) is 54.1 Å². The van der Waals surface area contributed by atoms with E-state index in [1.165, 1.54) is 0 Å². The first kappa shape index (κ1) is 23.0. The molecule has 1 aliphatic rings. The lowest BCUT2D eigenvalue weighted by Gasteiger charge is -2.19. The third-order valence-electron chi connectivity index (χ3n) is 4.22. The van der Waals surface area contributed by atoms with E-state index in [1.807, 2.05) is 30.9 Å². The lowest BCUT2D eigenvalue weighted by atomic mass is 10.1. The highest BCUT2D eigenvalue weighted by molar-refractivity contribution is 14.0. The van der Waals surface area contributed by atoms with E-state index < -0.39 is 6.10 Å². The van der Waals surface area contributed by atoms with Crippen LogP contribution in [0.1, 0.15) is 38.4 Å². The molecular weight excluding hydrogens is 467 g/mol. The molecule has 0 aromatic heterocycles. The third kappa shape index (κ3) is 6.59. The van der Waals surface area contributed by atoms with Gasteiger partial charge in [-0.05, 0) is 19.4 Å². The van der Waals surface area contributed by atoms with Gasteiger partial charge in [0, 0.05) is 42.7 Å². The van der Waals surface area contributed by atoms with Gasteiger partial charge in [-0.1, -0.05) is 36.7 Å². The molecule has 1 aliphatic heterocycles. The fourth-order valence-electron chi connectivity index (χ4n) is 2.86. The Morgan fingerprint density at radius 2 is 2.15 bits per heavy atom. The molecule has 146 valence electrons. The molecule has 0 aliphatic carbocycles. The largest absolute Gasteiger partial charge is 0.386 e. The van der Waals surface area contributed by atoms with Crippen molar-refractivity contribution in [3.05, 3.63) is 34.9 Å². The number of carbonyl (C=O) groups is 1. The molecule has 0 saturated carbocycles. The zero-order valence-electron chi connectivity index (χ0n) is 15.2. The third-order valence-corrected chi connectivity index (χ3v) is 4.56. The average molecular weight is 495 g/mol. The van der Waals surface area contributed by atoms with Crippen LogP contribution < -0.4 is 10.6 Å². The second-order valence-corrected chi connectivity index (χ2v) is 6.49. The monoisotopic (exact) mass is 494 g/mol. The van der Waals surface area contributed by atoms with Crippen LogP contribution in [0.5, 0.6) is 0 Å². The van der Waals surface area contributed by atoms with Crippen molar-refractivity contribution in [2.45, 2.75) is 38.8 Å². The topological polar surface area (TPSA) is 77.0 Å². The number of hydrogen-bond donors (Lipinski definition) is 3. The van der Waals surface area contributed by atoms with E-state index in [9.17, 15) is 9.90 Å². The van der Waals surface area contributed by atoms with Gasteiger partial charge < -0.3 is 20.6 Å². The number of hydrogen-bond acceptors (Lipinski definition) is 3. The number of benzene rings is 1. The molecule has 1 heterocycles. The molecule has 8 heteroatoms. The van der Waals surface area contributed by atoms with E-state index in [0.717, 1.165) is 19.5 Å². The Morgan fingerprint density at radius 1 is 1.42 bits per heavy atom. The van der Waals surface area contributed by atoms with Crippen LogP contribution in [0.25, 0.3) is 0 Å². The maximum absolute atomic E-state index is 11.8. The summed E-state index contributed by atoms with van der Waals surface area (Å²) >= 11 is 6.12. The number of halogens is 2. The summed E-state index contributed by atoms with van der Waals surface area (Å²) in [4.78, 5) is 18.1. The minimum atomic E-state index is -0.758. The predicted molar refractivity (Wildman–Crippen MR) is 116 cm³/mol. The summed E-state index contributed by atoms with van der Waals surface area (Å²) in [5.41, 5.74) is 0.671. The molecule has 0 radical (unpaired) electrons. The van der Waals surface area contributed by atoms with Crippen LogP contribution >= 0.6 is 35.6 Å². The Hall–Kier alpha value is -1.06. The molecule has 26 heavy (non-hydrogen) atoms. The maximum Gasteiger partial charge on any atom is 0.222 e. The van der Waals surface area contributed by atoms with Crippen LogP contribution in [0.4, 0.5) is 0 Å². The Kier molecular flexibility index (Phi) is 10.3. The van der Waals surface area contributed by atoms with Crippen LogP contribution in [0.3, 0.4) is 0 Å². The molecule has 1 amide bonds. The molecule has 1 fully saturated rings. The summed E-state index contributed by atoms with van der Waals surface area (Å²) < 4.78 is 0. The van der Waals surface area contributed by atoms with Crippen molar-refractivity contribution in [1.82, 2.24) is 15.5 Å². The molecular formula is C18H28ClIN4O2. The predicted octanol–water partition coefficient (Wildman–Crippen LogP) is 2.56. The SMILES string of the molecule is CCNC(=NCC(O)c1ccccc1Cl)NC1CCN(C(=O)CC)C1.I. The van der Waals surface area contributed by atoms with Gasteiger partial charge in [0.2, 0.25) is 5.91 Å². The highest BCUT2D eigenvalue weighted by Crippen LogP contribution is 2.22. The van der Waals surface area contributed by atoms with E-state index in [1.54, 1.807) is 12.1 Å². The van der Waals surface area contributed by atoms with E-state index in [4.69, 9.17) is 11.6 Å². The first-order chi connectivity index (χ1) is 12.0. The van der Waals surface area contributed by atoms with Crippen molar-refractivity contribution in [2.24, 2.45) is 4.99 Å². The minimum absolute atomic E-state index is 0. The maximum atomic E-state index is 11.8. The molecule has 1 saturated heterocycles. The van der Waals surface area contributed by atoms with Crippen LogP contribution in [-0.2, 0) is 4.79 Å². The number of rotatable bonds is 6. The number of nitrogens with one attached hydrogen (secondary N) is 2. The minimum Gasteiger partial charge on any atom is -0.386 e. The Morgan fingerprint density at radius 3 is 2.81 bits per heavy atom. The number of carbonyl (C=O) groups excluding carboxylic acids is 1. The van der Waals surface area contributed by atoms with Gasteiger partial charge in [-0.25, -0.2) is 0 Å². The lowest BCUT2D eigenvalue weighted by molar-refractivity contribution is -0.129. The van der Waals surface area contributed by atoms with Gasteiger partial charge in [-0.2, -0.15) is 0 Å². The zero-order valence-corrected chi connectivity index (χ0v) is 18.3. The van der Waals surface area contributed by atoms with Crippen LogP contribution in [0.2, 0.25) is 5.02 Å². The molecule has 2 atom stereocenters. The van der Waals surface area contributed by atoms with Gasteiger partial charge >= 0.3 is 0 Å². The number of guanidine groups is 1. The number of nitrogens with zero attached hydrogens (tertiary/aromatic N) is 2. The Labute approximate surface area is 177 Å². The summed E-state index contributed by atoms with van der Waals surface area (Å²) in [6, 6.07) is 7.40. The molecule has 6 nitrogen and oxygen atoms in total. The molecule has 1 aromatic rings. The normalized spacial score (nSPS) is 18.2. The molecule has 3 N–H and O–H groups in total. The summed E-state index contributed by atoms with van der Waals surface area (Å²) in [5.74, 6) is 0.824. The Bertz CT molecular complexity index is 615. The molecule has 2 unspecified atom stereocenters. The van der Waals surface area contributed by atoms with Gasteiger partial charge in [0.25, 0.3) is 0 Å². The van der Waals surface area contributed by atoms with Crippen molar-refractivity contribution < 1.29 is 9.90 Å². The number of amides is 1. The molecule has 1 aromatic carbocycles. The standard InChI is InChI=1S/C18H27ClN4O2.HI/c1-3-17(25)23-10-9-13(12-23)22-18(20-4-2)21-11-16(24)14-7-5-6-8-15(14)19;/h5-8,13,16,24H,3-4,9-12H2,1-2H3,(H2,20,21,22);1H. The van der Waals surface area contributed by atoms with Crippen molar-refractivity contribution in [2.75, 3.05) is 26.2 Å². The number of aliphatic hydroxyl groups is 1. The quantitative estimate of drug-likeness (QED) is 0.323. The summed E-state index contributed by atoms with van der Waals surface area (Å²) in [5, 5.41) is 17.4. The molecule has 2 rings (SSSR count). The highest BCUT2D eigenvalue weighted by Gasteiger charge is 2.25. The van der Waals surface area contributed by atoms with Gasteiger partial charge in [-0.15, -0.1) is 24.0 Å². The highest BCUT2D eigenvalue weighted by atomic mass is 127. The first-order valence-electron chi connectivity index (χ1n) is 8.80. The summed E-state index contributed by atoms with van der Waals surface area (Å²) in [6.45, 7) is 6.26. The second kappa shape index (κ2) is 11.6. The van der Waals surface area contributed by atoms with Crippen molar-refractivity contribution in [3.63, 3.8) is 0 Å².